The van der Waals surface area contributed by atoms with Crippen molar-refractivity contribution in [1.82, 2.24) is 4.90 Å². The van der Waals surface area contributed by atoms with Crippen molar-refractivity contribution in [3.05, 3.63) is 21.4 Å². The standard InChI is InChI=1S/C13H24N2S2/c1-10(5-6-16-4)15(3)9-12-7-13(8-14)17-11(12)2/h7,10H,5-6,8-9,14H2,1-4H3. The van der Waals surface area contributed by atoms with Crippen LogP contribution < -0.4 is 5.73 Å². The van der Waals surface area contributed by atoms with Crippen LogP contribution in [0.3, 0.4) is 0 Å². The zero-order valence-corrected chi connectivity index (χ0v) is 13.0. The van der Waals surface area contributed by atoms with E-state index in [2.05, 4.69) is 38.1 Å². The first-order valence-corrected chi connectivity index (χ1v) is 8.27. The molecule has 0 saturated carbocycles. The topological polar surface area (TPSA) is 29.3 Å². The summed E-state index contributed by atoms with van der Waals surface area (Å²) in [5.74, 6) is 1.24. The van der Waals surface area contributed by atoms with Crippen LogP contribution in [-0.2, 0) is 13.1 Å². The van der Waals surface area contributed by atoms with Crippen molar-refractivity contribution in [1.29, 1.82) is 0 Å². The Morgan fingerprint density at radius 3 is 2.76 bits per heavy atom. The average Bonchev–Trinajstić information content (AvgIpc) is 2.67. The molecule has 1 atom stereocenters. The zero-order chi connectivity index (χ0) is 12.8. The highest BCUT2D eigenvalue weighted by atomic mass is 32.2. The molecule has 17 heavy (non-hydrogen) atoms. The normalized spacial score (nSPS) is 13.3. The van der Waals surface area contributed by atoms with Crippen molar-refractivity contribution in [3.8, 4) is 0 Å². The van der Waals surface area contributed by atoms with E-state index in [1.807, 2.05) is 23.1 Å². The van der Waals surface area contributed by atoms with E-state index in [0.29, 0.717) is 12.6 Å². The van der Waals surface area contributed by atoms with Crippen LogP contribution >= 0.6 is 23.1 Å². The SMILES string of the molecule is CSCCC(C)N(C)Cc1cc(CN)sc1C. The van der Waals surface area contributed by atoms with Gasteiger partial charge in [-0.25, -0.2) is 0 Å². The van der Waals surface area contributed by atoms with Crippen molar-refractivity contribution in [3.63, 3.8) is 0 Å². The van der Waals surface area contributed by atoms with Gasteiger partial charge < -0.3 is 5.73 Å². The Balaban J connectivity index is 2.54. The highest BCUT2D eigenvalue weighted by Gasteiger charge is 2.12. The van der Waals surface area contributed by atoms with Crippen molar-refractivity contribution < 1.29 is 0 Å². The first kappa shape index (κ1) is 15.0. The molecule has 2 N–H and O–H groups in total. The van der Waals surface area contributed by atoms with E-state index in [0.717, 1.165) is 6.54 Å². The summed E-state index contributed by atoms with van der Waals surface area (Å²) in [7, 11) is 2.21. The Morgan fingerprint density at radius 2 is 2.24 bits per heavy atom. The fourth-order valence-electron chi connectivity index (χ4n) is 1.78. The molecule has 0 aromatic carbocycles. The lowest BCUT2D eigenvalue weighted by atomic mass is 10.2. The van der Waals surface area contributed by atoms with Gasteiger partial charge in [0.2, 0.25) is 0 Å². The van der Waals surface area contributed by atoms with Crippen LogP contribution in [0.2, 0.25) is 0 Å². The molecule has 1 aromatic heterocycles. The number of nitrogens with two attached hydrogens (primary N) is 1. The smallest absolute Gasteiger partial charge is 0.0274 e. The molecule has 0 aliphatic rings. The second-order valence-electron chi connectivity index (χ2n) is 4.54. The molecule has 2 nitrogen and oxygen atoms in total. The van der Waals surface area contributed by atoms with Gasteiger partial charge in [0, 0.05) is 28.9 Å². The lowest BCUT2D eigenvalue weighted by molar-refractivity contribution is 0.245. The molecule has 1 heterocycles. The van der Waals surface area contributed by atoms with Crippen molar-refractivity contribution in [2.75, 3.05) is 19.1 Å². The molecule has 1 aromatic rings. The van der Waals surface area contributed by atoms with Gasteiger partial charge in [-0.1, -0.05) is 0 Å². The molecule has 0 amide bonds. The predicted octanol–water partition coefficient (Wildman–Crippen LogP) is 3.09. The number of thiophene rings is 1. The quantitative estimate of drug-likeness (QED) is 0.827. The molecule has 98 valence electrons. The second kappa shape index (κ2) is 7.41. The molecule has 0 saturated heterocycles. The fraction of sp³-hybridized carbons (Fsp3) is 0.692. The van der Waals surface area contributed by atoms with Crippen molar-refractivity contribution in [2.45, 2.75) is 39.4 Å². The fourth-order valence-corrected chi connectivity index (χ4v) is 3.29. The van der Waals surface area contributed by atoms with Gasteiger partial charge in [0.25, 0.3) is 0 Å². The van der Waals surface area contributed by atoms with Crippen LogP contribution in [0.1, 0.15) is 28.7 Å². The highest BCUT2D eigenvalue weighted by molar-refractivity contribution is 7.98. The van der Waals surface area contributed by atoms with Gasteiger partial charge in [-0.3, -0.25) is 4.90 Å². The molecule has 0 radical (unpaired) electrons. The van der Waals surface area contributed by atoms with Crippen LogP contribution in [0.25, 0.3) is 0 Å². The summed E-state index contributed by atoms with van der Waals surface area (Å²) in [5.41, 5.74) is 7.12. The Morgan fingerprint density at radius 1 is 1.53 bits per heavy atom. The maximum Gasteiger partial charge on any atom is 0.0274 e. The maximum absolute atomic E-state index is 5.68. The van der Waals surface area contributed by atoms with Gasteiger partial charge in [0.15, 0.2) is 0 Å². The van der Waals surface area contributed by atoms with Crippen LogP contribution in [-0.4, -0.2) is 30.0 Å². The predicted molar refractivity (Wildman–Crippen MR) is 80.9 cm³/mol. The van der Waals surface area contributed by atoms with Gasteiger partial charge in [0.05, 0.1) is 0 Å². The van der Waals surface area contributed by atoms with E-state index in [1.54, 1.807) is 0 Å². The van der Waals surface area contributed by atoms with Gasteiger partial charge in [-0.2, -0.15) is 11.8 Å². The van der Waals surface area contributed by atoms with Gasteiger partial charge in [-0.15, -0.1) is 11.3 Å². The maximum atomic E-state index is 5.68. The minimum Gasteiger partial charge on any atom is -0.326 e. The number of aryl methyl sites for hydroxylation is 1. The monoisotopic (exact) mass is 272 g/mol. The average molecular weight is 272 g/mol. The lowest BCUT2D eigenvalue weighted by Crippen LogP contribution is -2.29. The van der Waals surface area contributed by atoms with E-state index in [-0.39, 0.29) is 0 Å². The van der Waals surface area contributed by atoms with E-state index in [4.69, 9.17) is 5.73 Å². The highest BCUT2D eigenvalue weighted by Crippen LogP contribution is 2.23. The van der Waals surface area contributed by atoms with Gasteiger partial charge in [-0.05, 0) is 51.0 Å². The summed E-state index contributed by atoms with van der Waals surface area (Å²) in [6.45, 7) is 6.20. The molecule has 1 rings (SSSR count). The van der Waals surface area contributed by atoms with E-state index in [9.17, 15) is 0 Å². The van der Waals surface area contributed by atoms with E-state index >= 15 is 0 Å². The second-order valence-corrected chi connectivity index (χ2v) is 6.87. The summed E-state index contributed by atoms with van der Waals surface area (Å²) >= 11 is 3.75. The molecule has 0 bridgehead atoms. The Hall–Kier alpha value is -0.0300. The summed E-state index contributed by atoms with van der Waals surface area (Å²) in [4.78, 5) is 5.14. The minimum absolute atomic E-state index is 0.642. The molecule has 0 aliphatic carbocycles. The third-order valence-corrected chi connectivity index (χ3v) is 4.94. The minimum atomic E-state index is 0.642. The molecule has 0 aliphatic heterocycles. The third kappa shape index (κ3) is 4.62. The van der Waals surface area contributed by atoms with E-state index in [1.165, 1.54) is 27.5 Å². The van der Waals surface area contributed by atoms with E-state index < -0.39 is 0 Å². The van der Waals surface area contributed by atoms with Gasteiger partial charge >= 0.3 is 0 Å². The largest absolute Gasteiger partial charge is 0.326 e. The number of nitrogens with zero attached hydrogens (tertiary/aromatic N) is 1. The van der Waals surface area contributed by atoms with Crippen LogP contribution in [0.5, 0.6) is 0 Å². The Bertz CT molecular complexity index is 336. The van der Waals surface area contributed by atoms with Crippen LogP contribution in [0.4, 0.5) is 0 Å². The van der Waals surface area contributed by atoms with Crippen molar-refractivity contribution >= 4 is 23.1 Å². The Labute approximate surface area is 114 Å². The first-order valence-electron chi connectivity index (χ1n) is 6.06. The summed E-state index contributed by atoms with van der Waals surface area (Å²) in [5, 5.41) is 0. The molecule has 0 spiro atoms. The zero-order valence-electron chi connectivity index (χ0n) is 11.3. The number of hydrogen-bond donors (Lipinski definition) is 1. The molecule has 1 unspecified atom stereocenters. The molecular weight excluding hydrogens is 248 g/mol. The number of thioether (sulfide) groups is 1. The van der Waals surface area contributed by atoms with Crippen molar-refractivity contribution in [2.24, 2.45) is 5.73 Å². The van der Waals surface area contributed by atoms with Crippen LogP contribution in [0.15, 0.2) is 6.07 Å². The number of rotatable bonds is 7. The van der Waals surface area contributed by atoms with Gasteiger partial charge in [0.1, 0.15) is 0 Å². The number of hydrogen-bond acceptors (Lipinski definition) is 4. The molecular formula is C13H24N2S2. The summed E-state index contributed by atoms with van der Waals surface area (Å²) in [6, 6.07) is 2.90. The Kier molecular flexibility index (Phi) is 6.55. The third-order valence-electron chi connectivity index (χ3n) is 3.18. The lowest BCUT2D eigenvalue weighted by Gasteiger charge is -2.24. The summed E-state index contributed by atoms with van der Waals surface area (Å²) < 4.78 is 0. The first-order chi connectivity index (χ1) is 8.08. The summed E-state index contributed by atoms with van der Waals surface area (Å²) in [6.07, 6.45) is 3.42. The molecule has 4 heteroatoms. The molecule has 0 fully saturated rings. The van der Waals surface area contributed by atoms with Crippen LogP contribution in [0, 0.1) is 6.92 Å².